The normalized spacial score (nSPS) is 10.5. The second-order valence-corrected chi connectivity index (χ2v) is 12.0. The van der Waals surface area contributed by atoms with E-state index in [1.807, 2.05) is 0 Å². The van der Waals surface area contributed by atoms with E-state index in [2.05, 4.69) is 47.3 Å². The molecule has 0 aromatic carbocycles. The van der Waals surface area contributed by atoms with Gasteiger partial charge >= 0.3 is 0 Å². The van der Waals surface area contributed by atoms with Gasteiger partial charge in [0, 0.05) is 32.4 Å². The molecule has 0 aliphatic heterocycles. The van der Waals surface area contributed by atoms with Gasteiger partial charge in [-0.3, -0.25) is 19.2 Å². The maximum absolute atomic E-state index is 11.6. The van der Waals surface area contributed by atoms with Crippen molar-refractivity contribution in [3.8, 4) is 0 Å². The fraction of sp³-hybridized carbons (Fsp3) is 0.882. The van der Waals surface area contributed by atoms with Gasteiger partial charge in [0.05, 0.1) is 6.54 Å². The van der Waals surface area contributed by atoms with Crippen LogP contribution in [0.15, 0.2) is 0 Å². The van der Waals surface area contributed by atoms with E-state index in [-0.39, 0.29) is 30.2 Å². The molecule has 9 nitrogen and oxygen atoms in total. The minimum Gasteiger partial charge on any atom is -0.356 e. The van der Waals surface area contributed by atoms with Gasteiger partial charge in [-0.1, -0.05) is 123 Å². The summed E-state index contributed by atoms with van der Waals surface area (Å²) in [6.07, 6.45) is 25.7. The molecule has 10 heteroatoms. The Bertz CT molecular complexity index is 682. The minimum atomic E-state index is -0.112. The van der Waals surface area contributed by atoms with Gasteiger partial charge in [0.15, 0.2) is 0 Å². The van der Waals surface area contributed by atoms with E-state index in [0.29, 0.717) is 25.8 Å². The fourth-order valence-corrected chi connectivity index (χ4v) is 4.72. The molecule has 4 amide bonds. The number of unbranched alkanes of at least 4 members (excludes halogenated alkanes) is 17. The van der Waals surface area contributed by atoms with Crippen LogP contribution in [0.25, 0.3) is 0 Å². The molecule has 0 radical (unpaired) electrons. The average molecular weight is 644 g/mol. The molecule has 0 saturated carbocycles. The van der Waals surface area contributed by atoms with Gasteiger partial charge in [-0.2, -0.15) is 0 Å². The minimum absolute atomic E-state index is 0.00793. The molecule has 0 bridgehead atoms. The zero-order valence-electron chi connectivity index (χ0n) is 28.5. The molecular weight excluding hydrogens is 574 g/mol. The van der Waals surface area contributed by atoms with E-state index < -0.39 is 0 Å². The van der Waals surface area contributed by atoms with Crippen LogP contribution < -0.4 is 26.4 Å². The largest absolute Gasteiger partial charge is 0.356 e. The number of thiol groups is 1. The number of hydrogen-bond acceptors (Lipinski definition) is 6. The second kappa shape index (κ2) is 37.4. The van der Waals surface area contributed by atoms with Crippen LogP contribution in [0.2, 0.25) is 0 Å². The first kappa shape index (κ1) is 44.3. The van der Waals surface area contributed by atoms with Gasteiger partial charge < -0.3 is 26.4 Å². The number of nitrogens with one attached hydrogen (secondary N) is 4. The van der Waals surface area contributed by atoms with Crippen molar-refractivity contribution in [3.63, 3.8) is 0 Å². The molecule has 0 heterocycles. The van der Waals surface area contributed by atoms with E-state index in [0.717, 1.165) is 90.1 Å². The molecule has 0 unspecified atom stereocenters. The second-order valence-electron chi connectivity index (χ2n) is 11.8. The van der Waals surface area contributed by atoms with Crippen LogP contribution in [0.5, 0.6) is 0 Å². The highest BCUT2D eigenvalue weighted by molar-refractivity contribution is 7.78. The Morgan fingerprint density at radius 2 is 0.841 bits per heavy atom. The molecule has 6 N–H and O–H groups in total. The van der Waals surface area contributed by atoms with Crippen LogP contribution in [0.4, 0.5) is 0 Å². The van der Waals surface area contributed by atoms with Crippen molar-refractivity contribution in [2.24, 2.45) is 5.73 Å². The van der Waals surface area contributed by atoms with Gasteiger partial charge in [0.1, 0.15) is 0 Å². The summed E-state index contributed by atoms with van der Waals surface area (Å²) < 4.78 is 2.33. The fourth-order valence-electron chi connectivity index (χ4n) is 4.60. The van der Waals surface area contributed by atoms with Crippen LogP contribution in [0.3, 0.4) is 0 Å². The van der Waals surface area contributed by atoms with Gasteiger partial charge in [-0.05, 0) is 45.1 Å². The van der Waals surface area contributed by atoms with Crippen LogP contribution in [0.1, 0.15) is 168 Å². The Morgan fingerprint density at radius 3 is 1.34 bits per heavy atom. The van der Waals surface area contributed by atoms with Gasteiger partial charge in [0.25, 0.3) is 0 Å². The number of hydrogen-bond donors (Lipinski definition) is 6. The highest BCUT2D eigenvalue weighted by Gasteiger charge is 2.05. The van der Waals surface area contributed by atoms with Crippen molar-refractivity contribution in [2.75, 3.05) is 26.2 Å². The molecule has 0 aliphatic carbocycles. The Kier molecular flexibility index (Phi) is 37.6. The SMILES string of the molecule is CCCCCC(=O)NCC(=O)NCCCCCCCCCCC(=O)NS.CCCCNC(=O)CCCCCCCCCCN. The standard InChI is InChI=1S/C19H37N3O3S.C15H32N2O/c1-2-3-10-13-17(23)21-16-19(25)20-15-12-9-7-5-4-6-8-11-14-18(24)22-26;1-2-3-14-17-15(18)12-10-8-6-4-5-7-9-11-13-16/h26H,2-16H2,1H3,(H,20,25)(H,21,23)(H,22,24);2-14,16H2,1H3,(H,17,18). The molecule has 260 valence electrons. The summed E-state index contributed by atoms with van der Waals surface area (Å²) in [5.74, 6) is 0.0665. The van der Waals surface area contributed by atoms with Crippen LogP contribution in [-0.4, -0.2) is 49.8 Å². The Hall–Kier alpha value is -1.81. The van der Waals surface area contributed by atoms with Crippen LogP contribution in [0, 0.1) is 0 Å². The summed E-state index contributed by atoms with van der Waals surface area (Å²) in [5.41, 5.74) is 5.44. The molecule has 0 aromatic rings. The van der Waals surface area contributed by atoms with Crippen LogP contribution in [-0.2, 0) is 19.2 Å². The molecule has 0 atom stereocenters. The Labute approximate surface area is 275 Å². The summed E-state index contributed by atoms with van der Waals surface area (Å²) in [6, 6.07) is 0. The van der Waals surface area contributed by atoms with Gasteiger partial charge in [-0.15, -0.1) is 0 Å². The van der Waals surface area contributed by atoms with Crippen molar-refractivity contribution in [1.29, 1.82) is 0 Å². The summed E-state index contributed by atoms with van der Waals surface area (Å²) in [6.45, 7) is 6.65. The summed E-state index contributed by atoms with van der Waals surface area (Å²) >= 11 is 3.72. The third-order valence-corrected chi connectivity index (χ3v) is 7.69. The predicted molar refractivity (Wildman–Crippen MR) is 187 cm³/mol. The Balaban J connectivity index is 0. The van der Waals surface area contributed by atoms with Gasteiger partial charge in [0.2, 0.25) is 23.6 Å². The first-order valence-corrected chi connectivity index (χ1v) is 18.3. The number of amides is 4. The lowest BCUT2D eigenvalue weighted by Gasteiger charge is -2.07. The molecule has 0 aliphatic rings. The van der Waals surface area contributed by atoms with Crippen molar-refractivity contribution >= 4 is 36.4 Å². The monoisotopic (exact) mass is 644 g/mol. The average Bonchev–Trinajstić information content (AvgIpc) is 3.02. The highest BCUT2D eigenvalue weighted by atomic mass is 32.1. The molecule has 0 rings (SSSR count). The lowest BCUT2D eigenvalue weighted by molar-refractivity contribution is -0.126. The molecule has 0 aromatic heterocycles. The van der Waals surface area contributed by atoms with E-state index in [9.17, 15) is 19.2 Å². The maximum atomic E-state index is 11.6. The third kappa shape index (κ3) is 38.2. The van der Waals surface area contributed by atoms with Gasteiger partial charge in [-0.25, -0.2) is 0 Å². The summed E-state index contributed by atoms with van der Waals surface area (Å²) in [5, 5.41) is 8.46. The summed E-state index contributed by atoms with van der Waals surface area (Å²) in [4.78, 5) is 45.5. The first-order chi connectivity index (χ1) is 21.4. The molecule has 44 heavy (non-hydrogen) atoms. The van der Waals surface area contributed by atoms with E-state index in [4.69, 9.17) is 5.73 Å². The van der Waals surface area contributed by atoms with Crippen LogP contribution >= 0.6 is 12.8 Å². The van der Waals surface area contributed by atoms with Crippen molar-refractivity contribution in [1.82, 2.24) is 20.7 Å². The molecule has 0 spiro atoms. The van der Waals surface area contributed by atoms with Crippen molar-refractivity contribution < 1.29 is 19.2 Å². The quantitative estimate of drug-likeness (QED) is 0.0384. The number of carbonyl (C=O) groups is 4. The maximum Gasteiger partial charge on any atom is 0.239 e. The summed E-state index contributed by atoms with van der Waals surface area (Å²) in [7, 11) is 0. The molecule has 0 saturated heterocycles. The van der Waals surface area contributed by atoms with E-state index in [1.54, 1.807) is 0 Å². The first-order valence-electron chi connectivity index (χ1n) is 17.8. The number of carbonyl (C=O) groups excluding carboxylic acids is 4. The Morgan fingerprint density at radius 1 is 0.455 bits per heavy atom. The smallest absolute Gasteiger partial charge is 0.239 e. The highest BCUT2D eigenvalue weighted by Crippen LogP contribution is 2.10. The number of nitrogens with two attached hydrogens (primary N) is 1. The lowest BCUT2D eigenvalue weighted by Crippen LogP contribution is -2.37. The van der Waals surface area contributed by atoms with E-state index in [1.165, 1.54) is 57.8 Å². The van der Waals surface area contributed by atoms with Crippen molar-refractivity contribution in [2.45, 2.75) is 168 Å². The van der Waals surface area contributed by atoms with Crippen molar-refractivity contribution in [3.05, 3.63) is 0 Å². The lowest BCUT2D eigenvalue weighted by atomic mass is 10.1. The molecule has 0 fully saturated rings. The topological polar surface area (TPSA) is 142 Å². The predicted octanol–water partition coefficient (Wildman–Crippen LogP) is 6.64. The molecular formula is C34H69N5O4S. The number of rotatable bonds is 30. The zero-order chi connectivity index (χ0) is 32.9. The third-order valence-electron chi connectivity index (χ3n) is 7.44. The van der Waals surface area contributed by atoms with E-state index >= 15 is 0 Å². The zero-order valence-corrected chi connectivity index (χ0v) is 29.4.